The van der Waals surface area contributed by atoms with E-state index < -0.39 is 15.0 Å². The van der Waals surface area contributed by atoms with Crippen LogP contribution in [-0.2, 0) is 10.1 Å². The van der Waals surface area contributed by atoms with Crippen LogP contribution in [-0.4, -0.2) is 13.3 Å². The smallest absolute Gasteiger partial charge is 0.339 e. The maximum Gasteiger partial charge on any atom is 0.339 e. The zero-order valence-corrected chi connectivity index (χ0v) is 13.4. The van der Waals surface area contributed by atoms with Gasteiger partial charge < -0.3 is 4.18 Å². The molecule has 0 fully saturated rings. The lowest BCUT2D eigenvalue weighted by Gasteiger charge is -2.10. The van der Waals surface area contributed by atoms with Crippen molar-refractivity contribution >= 4 is 39.0 Å². The Labute approximate surface area is 136 Å². The van der Waals surface area contributed by atoms with Gasteiger partial charge in [0.25, 0.3) is 5.69 Å². The van der Waals surface area contributed by atoms with E-state index in [0.29, 0.717) is 5.02 Å². The van der Waals surface area contributed by atoms with Crippen molar-refractivity contribution in [3.8, 4) is 5.75 Å². The van der Waals surface area contributed by atoms with Crippen LogP contribution < -0.4 is 4.18 Å². The second-order valence-corrected chi connectivity index (χ2v) is 6.63. The van der Waals surface area contributed by atoms with Crippen molar-refractivity contribution in [3.63, 3.8) is 0 Å². The topological polar surface area (TPSA) is 86.5 Å². The second-order valence-electron chi connectivity index (χ2n) is 4.27. The van der Waals surface area contributed by atoms with Crippen LogP contribution in [0.3, 0.4) is 0 Å². The van der Waals surface area contributed by atoms with E-state index in [-0.39, 0.29) is 26.9 Å². The minimum atomic E-state index is -4.27. The van der Waals surface area contributed by atoms with E-state index in [2.05, 4.69) is 0 Å². The summed E-state index contributed by atoms with van der Waals surface area (Å²) in [5, 5.41) is 11.2. The molecule has 0 amide bonds. The predicted molar refractivity (Wildman–Crippen MR) is 82.1 cm³/mol. The maximum absolute atomic E-state index is 12.3. The van der Waals surface area contributed by atoms with Crippen LogP contribution in [0, 0.1) is 17.0 Å². The first-order valence-electron chi connectivity index (χ1n) is 5.86. The molecule has 0 heterocycles. The third-order valence-electron chi connectivity index (χ3n) is 2.81. The summed E-state index contributed by atoms with van der Waals surface area (Å²) >= 11 is 11.6. The Kier molecular flexibility index (Phi) is 4.60. The number of hydrogen-bond donors (Lipinski definition) is 0. The molecule has 0 saturated heterocycles. The standard InChI is InChI=1S/C13H9Cl2NO5S/c1-8-11(16(17)18)3-2-4-13(8)22(19,20)21-12-6-5-9(14)7-10(12)15/h2-7H,1H3. The summed E-state index contributed by atoms with van der Waals surface area (Å²) in [6, 6.07) is 7.75. The van der Waals surface area contributed by atoms with Crippen molar-refractivity contribution in [3.05, 3.63) is 62.1 Å². The van der Waals surface area contributed by atoms with Crippen molar-refractivity contribution in [1.29, 1.82) is 0 Å². The first kappa shape index (κ1) is 16.5. The quantitative estimate of drug-likeness (QED) is 0.467. The first-order chi connectivity index (χ1) is 10.2. The predicted octanol–water partition coefficient (Wildman–Crippen LogP) is 3.98. The van der Waals surface area contributed by atoms with Crippen LogP contribution in [0.2, 0.25) is 10.0 Å². The van der Waals surface area contributed by atoms with Gasteiger partial charge in [0.15, 0.2) is 5.75 Å². The average molecular weight is 362 g/mol. The number of nitro benzene ring substituents is 1. The molecule has 116 valence electrons. The lowest BCUT2D eigenvalue weighted by molar-refractivity contribution is -0.385. The van der Waals surface area contributed by atoms with Crippen LogP contribution in [0.5, 0.6) is 5.75 Å². The normalized spacial score (nSPS) is 11.2. The van der Waals surface area contributed by atoms with Crippen molar-refractivity contribution in [2.45, 2.75) is 11.8 Å². The van der Waals surface area contributed by atoms with Crippen LogP contribution >= 0.6 is 23.2 Å². The van der Waals surface area contributed by atoms with E-state index >= 15 is 0 Å². The van der Waals surface area contributed by atoms with E-state index in [9.17, 15) is 18.5 Å². The molecular weight excluding hydrogens is 353 g/mol. The minimum absolute atomic E-state index is 0.0131. The van der Waals surface area contributed by atoms with Gasteiger partial charge in [0.05, 0.1) is 9.95 Å². The number of hydrogen-bond acceptors (Lipinski definition) is 5. The van der Waals surface area contributed by atoms with Crippen LogP contribution in [0.25, 0.3) is 0 Å². The Morgan fingerprint density at radius 3 is 2.45 bits per heavy atom. The molecule has 0 unspecified atom stereocenters. The fourth-order valence-corrected chi connectivity index (χ4v) is 3.47. The van der Waals surface area contributed by atoms with Crippen molar-refractivity contribution < 1.29 is 17.5 Å². The van der Waals surface area contributed by atoms with Gasteiger partial charge in [-0.05, 0) is 31.2 Å². The average Bonchev–Trinajstić information content (AvgIpc) is 2.41. The largest absolute Gasteiger partial charge is 0.377 e. The number of rotatable bonds is 4. The molecule has 2 aromatic carbocycles. The maximum atomic E-state index is 12.3. The summed E-state index contributed by atoms with van der Waals surface area (Å²) in [6.07, 6.45) is 0. The minimum Gasteiger partial charge on any atom is -0.377 e. The van der Waals surface area contributed by atoms with Crippen molar-refractivity contribution in [1.82, 2.24) is 0 Å². The summed E-state index contributed by atoms with van der Waals surface area (Å²) in [5.74, 6) is -0.114. The molecule has 0 aliphatic carbocycles. The Hall–Kier alpha value is -1.83. The third-order valence-corrected chi connectivity index (χ3v) is 4.73. The molecule has 2 rings (SSSR count). The van der Waals surface area contributed by atoms with Crippen LogP contribution in [0.4, 0.5) is 5.69 Å². The third kappa shape index (κ3) is 3.32. The van der Waals surface area contributed by atoms with Gasteiger partial charge in [0.1, 0.15) is 4.90 Å². The molecular formula is C13H9Cl2NO5S. The van der Waals surface area contributed by atoms with Gasteiger partial charge in [-0.25, -0.2) is 0 Å². The fraction of sp³-hybridized carbons (Fsp3) is 0.0769. The number of benzene rings is 2. The second kappa shape index (κ2) is 6.12. The van der Waals surface area contributed by atoms with Crippen LogP contribution in [0.15, 0.2) is 41.3 Å². The van der Waals surface area contributed by atoms with Gasteiger partial charge in [-0.2, -0.15) is 8.42 Å². The lowest BCUT2D eigenvalue weighted by atomic mass is 10.2. The molecule has 22 heavy (non-hydrogen) atoms. The molecule has 0 bridgehead atoms. The van der Waals surface area contributed by atoms with E-state index in [1.54, 1.807) is 0 Å². The molecule has 0 radical (unpaired) electrons. The Bertz CT molecular complexity index is 852. The monoisotopic (exact) mass is 361 g/mol. The van der Waals surface area contributed by atoms with Crippen molar-refractivity contribution in [2.75, 3.05) is 0 Å². The molecule has 0 atom stereocenters. The van der Waals surface area contributed by atoms with E-state index in [1.807, 2.05) is 0 Å². The lowest BCUT2D eigenvalue weighted by Crippen LogP contribution is -2.12. The highest BCUT2D eigenvalue weighted by molar-refractivity contribution is 7.87. The van der Waals surface area contributed by atoms with E-state index in [0.717, 1.165) is 0 Å². The first-order valence-corrected chi connectivity index (χ1v) is 8.02. The van der Waals surface area contributed by atoms with Gasteiger partial charge in [0, 0.05) is 16.7 Å². The molecule has 9 heteroatoms. The van der Waals surface area contributed by atoms with Gasteiger partial charge in [-0.1, -0.05) is 29.3 Å². The summed E-state index contributed by atoms with van der Waals surface area (Å²) in [6.45, 7) is 1.33. The number of nitrogens with zero attached hydrogens (tertiary/aromatic N) is 1. The molecule has 0 aliphatic heterocycles. The van der Waals surface area contributed by atoms with E-state index in [4.69, 9.17) is 27.4 Å². The summed E-state index contributed by atoms with van der Waals surface area (Å²) in [7, 11) is -4.27. The van der Waals surface area contributed by atoms with Crippen LogP contribution in [0.1, 0.15) is 5.56 Å². The number of nitro groups is 1. The zero-order valence-electron chi connectivity index (χ0n) is 11.1. The Morgan fingerprint density at radius 1 is 1.18 bits per heavy atom. The molecule has 2 aromatic rings. The van der Waals surface area contributed by atoms with Gasteiger partial charge >= 0.3 is 10.1 Å². The molecule has 0 spiro atoms. The van der Waals surface area contributed by atoms with Crippen molar-refractivity contribution in [2.24, 2.45) is 0 Å². The highest BCUT2D eigenvalue weighted by Gasteiger charge is 2.25. The molecule has 0 aromatic heterocycles. The summed E-state index contributed by atoms with van der Waals surface area (Å²) in [4.78, 5) is 9.92. The highest BCUT2D eigenvalue weighted by atomic mass is 35.5. The Morgan fingerprint density at radius 2 is 1.86 bits per heavy atom. The van der Waals surface area contributed by atoms with E-state index in [1.165, 1.54) is 43.3 Å². The van der Waals surface area contributed by atoms with Gasteiger partial charge in [0.2, 0.25) is 0 Å². The zero-order chi connectivity index (χ0) is 16.5. The molecule has 0 aliphatic rings. The highest BCUT2D eigenvalue weighted by Crippen LogP contribution is 2.32. The fourth-order valence-electron chi connectivity index (χ4n) is 1.78. The summed E-state index contributed by atoms with van der Waals surface area (Å²) < 4.78 is 29.5. The molecule has 6 nitrogen and oxygen atoms in total. The SMILES string of the molecule is Cc1c([N+](=O)[O-])cccc1S(=O)(=O)Oc1ccc(Cl)cc1Cl. The molecule has 0 saturated carbocycles. The van der Waals surface area contributed by atoms with Gasteiger partial charge in [-0.15, -0.1) is 0 Å². The Balaban J connectivity index is 2.47. The molecule has 0 N–H and O–H groups in total. The number of halogens is 2. The summed E-state index contributed by atoms with van der Waals surface area (Å²) in [5.41, 5.74) is -0.329. The van der Waals surface area contributed by atoms with Gasteiger partial charge in [-0.3, -0.25) is 10.1 Å².